The molecule has 1 N–H and O–H groups in total. The van der Waals surface area contributed by atoms with Gasteiger partial charge in [-0.1, -0.05) is 59.8 Å². The molecule has 3 aromatic carbocycles. The van der Waals surface area contributed by atoms with Crippen molar-refractivity contribution in [2.75, 3.05) is 12.4 Å². The number of thioether (sulfide) groups is 1. The third-order valence-electron chi connectivity index (χ3n) is 4.91. The summed E-state index contributed by atoms with van der Waals surface area (Å²) in [6.45, 7) is 2.53. The Balaban J connectivity index is 1.47. The third-order valence-corrected chi connectivity index (χ3v) is 6.09. The molecule has 0 unspecified atom stereocenters. The number of hydrogen-bond donors (Lipinski definition) is 1. The van der Waals surface area contributed by atoms with Gasteiger partial charge in [-0.3, -0.25) is 9.36 Å². The third kappa shape index (κ3) is 6.84. The SMILES string of the molecule is CCOc1ccc(-n2c(SCC(=O)NN=CC=Cc3ccccc3)nnc2-c2ccc(Cl)cc2)cc1. The van der Waals surface area contributed by atoms with Crippen molar-refractivity contribution < 1.29 is 9.53 Å². The van der Waals surface area contributed by atoms with Crippen LogP contribution >= 0.6 is 23.4 Å². The number of rotatable bonds is 10. The standard InChI is InChI=1S/C27H24ClN5O2S/c1-2-35-24-16-14-23(15-17-24)33-26(21-10-12-22(28)13-11-21)31-32-27(33)36-19-25(34)30-29-18-6-9-20-7-4-3-5-8-20/h3-18H,2,19H2,1H3,(H,30,34). The van der Waals surface area contributed by atoms with Gasteiger partial charge in [0.2, 0.25) is 0 Å². The molecule has 1 aromatic heterocycles. The maximum Gasteiger partial charge on any atom is 0.250 e. The topological polar surface area (TPSA) is 81.4 Å². The number of hydrogen-bond acceptors (Lipinski definition) is 6. The molecular weight excluding hydrogens is 494 g/mol. The molecule has 0 aliphatic carbocycles. The molecule has 9 heteroatoms. The monoisotopic (exact) mass is 517 g/mol. The minimum atomic E-state index is -0.251. The van der Waals surface area contributed by atoms with Gasteiger partial charge < -0.3 is 4.74 Å². The summed E-state index contributed by atoms with van der Waals surface area (Å²) >= 11 is 7.34. The van der Waals surface area contributed by atoms with Gasteiger partial charge in [-0.15, -0.1) is 10.2 Å². The van der Waals surface area contributed by atoms with Crippen LogP contribution in [0.2, 0.25) is 5.02 Å². The van der Waals surface area contributed by atoms with Crippen LogP contribution in [-0.4, -0.2) is 39.2 Å². The summed E-state index contributed by atoms with van der Waals surface area (Å²) in [7, 11) is 0. The first-order valence-electron chi connectivity index (χ1n) is 11.2. The van der Waals surface area contributed by atoms with Gasteiger partial charge in [0.25, 0.3) is 5.91 Å². The van der Waals surface area contributed by atoms with Crippen LogP contribution in [-0.2, 0) is 4.79 Å². The Morgan fingerprint density at radius 2 is 1.81 bits per heavy atom. The number of nitrogens with one attached hydrogen (secondary N) is 1. The van der Waals surface area contributed by atoms with Crippen LogP contribution in [0.15, 0.2) is 95.2 Å². The molecule has 0 saturated heterocycles. The van der Waals surface area contributed by atoms with Crippen LogP contribution in [0.25, 0.3) is 23.2 Å². The molecular formula is C27H24ClN5O2S. The first-order chi connectivity index (χ1) is 17.6. The molecule has 0 atom stereocenters. The quantitative estimate of drug-likeness (QED) is 0.161. The van der Waals surface area contributed by atoms with E-state index in [-0.39, 0.29) is 11.7 Å². The highest BCUT2D eigenvalue weighted by molar-refractivity contribution is 7.99. The predicted molar refractivity (Wildman–Crippen MR) is 146 cm³/mol. The molecule has 0 aliphatic rings. The van der Waals surface area contributed by atoms with Crippen LogP contribution in [0, 0.1) is 0 Å². The molecule has 1 heterocycles. The van der Waals surface area contributed by atoms with Gasteiger partial charge in [0.15, 0.2) is 11.0 Å². The molecule has 7 nitrogen and oxygen atoms in total. The number of hydrazone groups is 1. The Hall–Kier alpha value is -3.88. The van der Waals surface area contributed by atoms with E-state index in [0.717, 1.165) is 22.6 Å². The zero-order valence-electron chi connectivity index (χ0n) is 19.5. The number of aromatic nitrogens is 3. The summed E-state index contributed by atoms with van der Waals surface area (Å²) in [6, 6.07) is 24.9. The number of halogens is 1. The lowest BCUT2D eigenvalue weighted by Crippen LogP contribution is -2.19. The van der Waals surface area contributed by atoms with Crippen LogP contribution in [0.5, 0.6) is 5.75 Å². The van der Waals surface area contributed by atoms with Gasteiger partial charge in [-0.2, -0.15) is 5.10 Å². The number of nitrogens with zero attached hydrogens (tertiary/aromatic N) is 4. The molecule has 0 fully saturated rings. The number of amides is 1. The summed E-state index contributed by atoms with van der Waals surface area (Å²) in [5.41, 5.74) is 5.29. The van der Waals surface area contributed by atoms with Crippen molar-refractivity contribution in [3.8, 4) is 22.8 Å². The van der Waals surface area contributed by atoms with E-state index >= 15 is 0 Å². The van der Waals surface area contributed by atoms with Crippen LogP contribution < -0.4 is 10.2 Å². The molecule has 0 radical (unpaired) electrons. The lowest BCUT2D eigenvalue weighted by atomic mass is 10.2. The number of carbonyl (C=O) groups excluding carboxylic acids is 1. The van der Waals surface area contributed by atoms with E-state index in [2.05, 4.69) is 20.7 Å². The van der Waals surface area contributed by atoms with Crippen molar-refractivity contribution >= 4 is 41.6 Å². The maximum atomic E-state index is 12.4. The Morgan fingerprint density at radius 1 is 1.06 bits per heavy atom. The minimum absolute atomic E-state index is 0.121. The van der Waals surface area contributed by atoms with Crippen molar-refractivity contribution in [2.45, 2.75) is 12.1 Å². The molecule has 36 heavy (non-hydrogen) atoms. The lowest BCUT2D eigenvalue weighted by molar-refractivity contribution is -0.118. The predicted octanol–water partition coefficient (Wildman–Crippen LogP) is 5.89. The number of carbonyl (C=O) groups is 1. The van der Waals surface area contributed by atoms with E-state index in [4.69, 9.17) is 16.3 Å². The number of benzene rings is 3. The molecule has 0 bridgehead atoms. The van der Waals surface area contributed by atoms with Gasteiger partial charge in [0.05, 0.1) is 12.4 Å². The Bertz CT molecular complexity index is 1340. The zero-order valence-corrected chi connectivity index (χ0v) is 21.1. The average Bonchev–Trinajstić information content (AvgIpc) is 3.33. The number of ether oxygens (including phenoxy) is 1. The Labute approximate surface area is 218 Å². The fourth-order valence-electron chi connectivity index (χ4n) is 3.27. The molecule has 4 rings (SSSR count). The van der Waals surface area contributed by atoms with Crippen molar-refractivity contribution in [1.29, 1.82) is 0 Å². The second-order valence-electron chi connectivity index (χ2n) is 7.45. The minimum Gasteiger partial charge on any atom is -0.494 e. The first kappa shape index (κ1) is 25.2. The Kier molecular flexibility index (Phi) is 8.91. The summed E-state index contributed by atoms with van der Waals surface area (Å²) in [5, 5.41) is 13.9. The molecule has 0 spiro atoms. The van der Waals surface area contributed by atoms with Crippen LogP contribution in [0.1, 0.15) is 12.5 Å². The van der Waals surface area contributed by atoms with Crippen molar-refractivity contribution in [1.82, 2.24) is 20.2 Å². The molecule has 0 saturated carbocycles. The van der Waals surface area contributed by atoms with E-state index in [0.29, 0.717) is 22.6 Å². The summed E-state index contributed by atoms with van der Waals surface area (Å²) < 4.78 is 7.47. The van der Waals surface area contributed by atoms with Gasteiger partial charge in [0.1, 0.15) is 5.75 Å². The summed E-state index contributed by atoms with van der Waals surface area (Å²) in [6.07, 6.45) is 5.21. The first-order valence-corrected chi connectivity index (χ1v) is 12.6. The van der Waals surface area contributed by atoms with Crippen LogP contribution in [0.4, 0.5) is 0 Å². The molecule has 182 valence electrons. The van der Waals surface area contributed by atoms with Gasteiger partial charge >= 0.3 is 0 Å². The fourth-order valence-corrected chi connectivity index (χ4v) is 4.14. The van der Waals surface area contributed by atoms with Crippen molar-refractivity contribution in [3.63, 3.8) is 0 Å². The van der Waals surface area contributed by atoms with E-state index in [1.165, 1.54) is 18.0 Å². The van der Waals surface area contributed by atoms with E-state index in [1.807, 2.05) is 84.3 Å². The van der Waals surface area contributed by atoms with Crippen molar-refractivity contribution in [3.05, 3.63) is 95.5 Å². The van der Waals surface area contributed by atoms with Gasteiger partial charge in [-0.05, 0) is 67.1 Å². The van der Waals surface area contributed by atoms with Gasteiger partial charge in [0, 0.05) is 22.5 Å². The molecule has 4 aromatic rings. The van der Waals surface area contributed by atoms with Crippen LogP contribution in [0.3, 0.4) is 0 Å². The highest BCUT2D eigenvalue weighted by atomic mass is 35.5. The number of allylic oxidation sites excluding steroid dienone is 1. The smallest absolute Gasteiger partial charge is 0.250 e. The van der Waals surface area contributed by atoms with E-state index < -0.39 is 0 Å². The Morgan fingerprint density at radius 3 is 2.53 bits per heavy atom. The van der Waals surface area contributed by atoms with Crippen molar-refractivity contribution in [2.24, 2.45) is 5.10 Å². The average molecular weight is 518 g/mol. The maximum absolute atomic E-state index is 12.4. The van der Waals surface area contributed by atoms with Gasteiger partial charge in [-0.25, -0.2) is 5.43 Å². The highest BCUT2D eigenvalue weighted by Gasteiger charge is 2.17. The second kappa shape index (κ2) is 12.7. The summed E-state index contributed by atoms with van der Waals surface area (Å²) in [4.78, 5) is 12.4. The molecule has 1 amide bonds. The summed E-state index contributed by atoms with van der Waals surface area (Å²) in [5.74, 6) is 1.28. The van der Waals surface area contributed by atoms with E-state index in [1.54, 1.807) is 18.2 Å². The van der Waals surface area contributed by atoms with E-state index in [9.17, 15) is 4.79 Å². The normalized spacial score (nSPS) is 11.3. The zero-order chi connectivity index (χ0) is 25.2. The highest BCUT2D eigenvalue weighted by Crippen LogP contribution is 2.29. The lowest BCUT2D eigenvalue weighted by Gasteiger charge is -2.11. The second-order valence-corrected chi connectivity index (χ2v) is 8.83. The largest absolute Gasteiger partial charge is 0.494 e. The fraction of sp³-hybridized carbons (Fsp3) is 0.111. The molecule has 0 aliphatic heterocycles.